The number of carbonyl (C=O) groups excluding carboxylic acids is 2. The molecule has 36 heavy (non-hydrogen) atoms. The quantitative estimate of drug-likeness (QED) is 0.319. The Morgan fingerprint density at radius 1 is 0.972 bits per heavy atom. The van der Waals surface area contributed by atoms with Crippen molar-refractivity contribution in [1.29, 1.82) is 0 Å². The number of hydrogen-bond donors (Lipinski definition) is 2. The molecule has 0 fully saturated rings. The Labute approximate surface area is 208 Å². The lowest BCUT2D eigenvalue weighted by Gasteiger charge is -2.13. The zero-order valence-electron chi connectivity index (χ0n) is 20.0. The summed E-state index contributed by atoms with van der Waals surface area (Å²) in [6.07, 6.45) is 2.13. The smallest absolute Gasteiger partial charge is 0.340 e. The van der Waals surface area contributed by atoms with E-state index in [0.717, 1.165) is 17.0 Å². The summed E-state index contributed by atoms with van der Waals surface area (Å²) in [5, 5.41) is 12.9. The molecule has 0 bridgehead atoms. The number of carboxylic acid groups (broad SMARTS) is 1. The molecule has 0 aliphatic carbocycles. The number of aromatic nitrogens is 1. The minimum absolute atomic E-state index is 0.0132. The van der Waals surface area contributed by atoms with Crippen LogP contribution in [-0.4, -0.2) is 41.2 Å². The normalized spacial score (nSPS) is 10.7. The fourth-order valence-corrected chi connectivity index (χ4v) is 4.07. The van der Waals surface area contributed by atoms with Gasteiger partial charge in [-0.15, -0.1) is 0 Å². The number of carboxylic acids is 1. The van der Waals surface area contributed by atoms with Crippen LogP contribution in [0.25, 0.3) is 16.6 Å². The molecule has 4 rings (SSSR count). The van der Waals surface area contributed by atoms with E-state index >= 15 is 0 Å². The third kappa shape index (κ3) is 5.07. The highest BCUT2D eigenvalue weighted by Gasteiger charge is 2.26. The van der Waals surface area contributed by atoms with E-state index in [2.05, 4.69) is 5.32 Å². The Balaban J connectivity index is 1.72. The average Bonchev–Trinajstić information content (AvgIpc) is 3.28. The molecule has 184 valence electrons. The van der Waals surface area contributed by atoms with Gasteiger partial charge in [0.15, 0.2) is 0 Å². The summed E-state index contributed by atoms with van der Waals surface area (Å²) in [5.74, 6) is -1.48. The van der Waals surface area contributed by atoms with Gasteiger partial charge in [-0.25, -0.2) is 9.59 Å². The zero-order chi connectivity index (χ0) is 25.7. The number of esters is 1. The van der Waals surface area contributed by atoms with Crippen LogP contribution < -0.4 is 10.1 Å². The Hall–Kier alpha value is -4.59. The molecule has 1 amide bonds. The molecule has 8 heteroatoms. The van der Waals surface area contributed by atoms with Crippen molar-refractivity contribution in [2.24, 2.45) is 0 Å². The number of amides is 1. The lowest BCUT2D eigenvalue weighted by Crippen LogP contribution is -2.17. The fourth-order valence-electron chi connectivity index (χ4n) is 4.07. The number of nitrogens with zero attached hydrogens (tertiary/aromatic N) is 1. The van der Waals surface area contributed by atoms with Crippen molar-refractivity contribution in [3.8, 4) is 11.4 Å². The topological polar surface area (TPSA) is 107 Å². The molecule has 0 unspecified atom stereocenters. The molecule has 4 aromatic rings. The molecule has 0 spiro atoms. The van der Waals surface area contributed by atoms with Crippen LogP contribution in [-0.2, 0) is 16.0 Å². The summed E-state index contributed by atoms with van der Waals surface area (Å²) in [7, 11) is 1.59. The summed E-state index contributed by atoms with van der Waals surface area (Å²) >= 11 is 0. The van der Waals surface area contributed by atoms with Gasteiger partial charge in [0, 0.05) is 23.7 Å². The molecule has 2 N–H and O–H groups in total. The van der Waals surface area contributed by atoms with Gasteiger partial charge in [-0.3, -0.25) is 4.79 Å². The van der Waals surface area contributed by atoms with Crippen LogP contribution in [0.5, 0.6) is 5.75 Å². The maximum Gasteiger partial charge on any atom is 0.340 e. The standard InChI is InChI=1S/C28H26N2O6/c1-3-36-28(34)26-22(29-24(31)16-11-18-9-12-20(35-2)13-10-18)14-15-23-25(26)21(27(32)33)17-30(23)19-7-5-4-6-8-19/h4-10,12-15,17H,3,11,16H2,1-2H3,(H,29,31)(H,32,33). The molecule has 3 aromatic carbocycles. The van der Waals surface area contributed by atoms with Gasteiger partial charge in [0.25, 0.3) is 0 Å². The van der Waals surface area contributed by atoms with Crippen LogP contribution in [0.1, 0.15) is 39.6 Å². The minimum atomic E-state index is -1.19. The summed E-state index contributed by atoms with van der Waals surface area (Å²) in [6, 6.07) is 19.9. The number of benzene rings is 3. The molecule has 1 aromatic heterocycles. The van der Waals surface area contributed by atoms with Crippen molar-refractivity contribution in [2.45, 2.75) is 19.8 Å². The van der Waals surface area contributed by atoms with Crippen molar-refractivity contribution in [1.82, 2.24) is 4.57 Å². The van der Waals surface area contributed by atoms with E-state index in [1.165, 1.54) is 6.20 Å². The summed E-state index contributed by atoms with van der Waals surface area (Å²) in [5.41, 5.74) is 2.36. The number of hydrogen-bond acceptors (Lipinski definition) is 5. The van der Waals surface area contributed by atoms with Crippen LogP contribution >= 0.6 is 0 Å². The highest BCUT2D eigenvalue weighted by molar-refractivity contribution is 6.17. The van der Waals surface area contributed by atoms with E-state index in [9.17, 15) is 19.5 Å². The molecule has 1 heterocycles. The van der Waals surface area contributed by atoms with Crippen molar-refractivity contribution in [3.05, 3.63) is 89.6 Å². The third-order valence-electron chi connectivity index (χ3n) is 5.79. The predicted molar refractivity (Wildman–Crippen MR) is 136 cm³/mol. The SMILES string of the molecule is CCOC(=O)c1c(NC(=O)CCc2ccc(OC)cc2)ccc2c1c(C(=O)O)cn2-c1ccccc1. The van der Waals surface area contributed by atoms with E-state index in [0.29, 0.717) is 11.9 Å². The number of carbonyl (C=O) groups is 3. The lowest BCUT2D eigenvalue weighted by molar-refractivity contribution is -0.116. The van der Waals surface area contributed by atoms with E-state index < -0.39 is 11.9 Å². The van der Waals surface area contributed by atoms with Gasteiger partial charge in [-0.1, -0.05) is 30.3 Å². The first-order valence-electron chi connectivity index (χ1n) is 11.5. The Morgan fingerprint density at radius 3 is 2.33 bits per heavy atom. The number of methoxy groups -OCH3 is 1. The molecule has 0 radical (unpaired) electrons. The first-order valence-corrected chi connectivity index (χ1v) is 11.5. The Bertz CT molecular complexity index is 1410. The predicted octanol–water partition coefficient (Wildman–Crippen LogP) is 5.09. The second-order valence-electron chi connectivity index (χ2n) is 8.05. The Kier molecular flexibility index (Phi) is 7.34. The average molecular weight is 487 g/mol. The molecule has 0 atom stereocenters. The molecular weight excluding hydrogens is 460 g/mol. The largest absolute Gasteiger partial charge is 0.497 e. The van der Waals surface area contributed by atoms with Crippen LogP contribution in [0.15, 0.2) is 72.9 Å². The number of rotatable bonds is 9. The summed E-state index contributed by atoms with van der Waals surface area (Å²) < 4.78 is 12.1. The maximum atomic E-state index is 13.0. The van der Waals surface area contributed by atoms with Crippen molar-refractivity contribution < 1.29 is 29.0 Å². The maximum absolute atomic E-state index is 13.0. The molecule has 0 saturated heterocycles. The van der Waals surface area contributed by atoms with Gasteiger partial charge in [0.2, 0.25) is 5.91 Å². The number of nitrogens with one attached hydrogen (secondary N) is 1. The molecular formula is C28H26N2O6. The first kappa shape index (κ1) is 24.5. The van der Waals surface area contributed by atoms with Crippen molar-refractivity contribution in [3.63, 3.8) is 0 Å². The monoisotopic (exact) mass is 486 g/mol. The molecule has 0 saturated carbocycles. The van der Waals surface area contributed by atoms with Crippen LogP contribution in [0.4, 0.5) is 5.69 Å². The zero-order valence-corrected chi connectivity index (χ0v) is 20.0. The first-order chi connectivity index (χ1) is 17.4. The third-order valence-corrected chi connectivity index (χ3v) is 5.79. The summed E-state index contributed by atoms with van der Waals surface area (Å²) in [4.78, 5) is 38.0. The van der Waals surface area contributed by atoms with Crippen molar-refractivity contribution >= 4 is 34.4 Å². The van der Waals surface area contributed by atoms with Gasteiger partial charge in [0.05, 0.1) is 36.0 Å². The lowest BCUT2D eigenvalue weighted by atomic mass is 10.0. The number of para-hydroxylation sites is 1. The highest BCUT2D eigenvalue weighted by atomic mass is 16.5. The molecule has 8 nitrogen and oxygen atoms in total. The molecule has 0 aliphatic heterocycles. The minimum Gasteiger partial charge on any atom is -0.497 e. The van der Waals surface area contributed by atoms with E-state index in [1.54, 1.807) is 30.7 Å². The highest BCUT2D eigenvalue weighted by Crippen LogP contribution is 2.33. The van der Waals surface area contributed by atoms with E-state index in [1.807, 2.05) is 54.6 Å². The van der Waals surface area contributed by atoms with Crippen LogP contribution in [0.2, 0.25) is 0 Å². The second-order valence-corrected chi connectivity index (χ2v) is 8.05. The summed E-state index contributed by atoms with van der Waals surface area (Å²) in [6.45, 7) is 1.76. The van der Waals surface area contributed by atoms with Gasteiger partial charge in [0.1, 0.15) is 5.75 Å². The molecule has 0 aliphatic rings. The van der Waals surface area contributed by atoms with Crippen LogP contribution in [0, 0.1) is 0 Å². The van der Waals surface area contributed by atoms with Crippen molar-refractivity contribution in [2.75, 3.05) is 19.0 Å². The van der Waals surface area contributed by atoms with E-state index in [-0.39, 0.29) is 41.1 Å². The van der Waals surface area contributed by atoms with Gasteiger partial charge >= 0.3 is 11.9 Å². The number of fused-ring (bicyclic) bond motifs is 1. The fraction of sp³-hybridized carbons (Fsp3) is 0.179. The van der Waals surface area contributed by atoms with Gasteiger partial charge in [-0.05, 0) is 55.3 Å². The number of aryl methyl sites for hydroxylation is 1. The number of ether oxygens (including phenoxy) is 2. The second kappa shape index (κ2) is 10.8. The Morgan fingerprint density at radius 2 is 1.69 bits per heavy atom. The number of anilines is 1. The van der Waals surface area contributed by atoms with Gasteiger partial charge in [-0.2, -0.15) is 0 Å². The van der Waals surface area contributed by atoms with Crippen LogP contribution in [0.3, 0.4) is 0 Å². The van der Waals surface area contributed by atoms with Gasteiger partial charge < -0.3 is 24.5 Å². The number of aromatic carboxylic acids is 1. The van der Waals surface area contributed by atoms with E-state index in [4.69, 9.17) is 9.47 Å².